The van der Waals surface area contributed by atoms with E-state index in [1.54, 1.807) is 19.2 Å². The Balaban J connectivity index is 2.26. The van der Waals surface area contributed by atoms with Crippen LogP contribution in [0.3, 0.4) is 0 Å². The zero-order valence-corrected chi connectivity index (χ0v) is 11.1. The van der Waals surface area contributed by atoms with E-state index in [2.05, 4.69) is 4.99 Å². The van der Waals surface area contributed by atoms with Crippen LogP contribution in [0.2, 0.25) is 0 Å². The summed E-state index contributed by atoms with van der Waals surface area (Å²) in [4.78, 5) is 4.51. The summed E-state index contributed by atoms with van der Waals surface area (Å²) in [6.45, 7) is 2.46. The van der Waals surface area contributed by atoms with Gasteiger partial charge in [0.05, 0.1) is 19.2 Å². The minimum absolute atomic E-state index is 0.189. The van der Waals surface area contributed by atoms with E-state index < -0.39 is 0 Å². The van der Waals surface area contributed by atoms with Crippen molar-refractivity contribution in [3.8, 4) is 11.5 Å². The van der Waals surface area contributed by atoms with Gasteiger partial charge in [0.15, 0.2) is 0 Å². The predicted molar refractivity (Wildman–Crippen MR) is 77.0 cm³/mol. The van der Waals surface area contributed by atoms with Gasteiger partial charge in [-0.15, -0.1) is 0 Å². The summed E-state index contributed by atoms with van der Waals surface area (Å²) in [5.74, 6) is 0.822. The quantitative estimate of drug-likeness (QED) is 0.851. The first-order valence-electron chi connectivity index (χ1n) is 6.13. The molecule has 0 radical (unpaired) electrons. The Morgan fingerprint density at radius 3 is 2.53 bits per heavy atom. The van der Waals surface area contributed by atoms with Gasteiger partial charge in [0.25, 0.3) is 0 Å². The number of rotatable bonds is 4. The van der Waals surface area contributed by atoms with Crippen molar-refractivity contribution < 1.29 is 9.84 Å². The number of aliphatic imine (C=N–C) groups is 1. The van der Waals surface area contributed by atoms with E-state index in [-0.39, 0.29) is 5.75 Å². The highest BCUT2D eigenvalue weighted by Crippen LogP contribution is 2.28. The van der Waals surface area contributed by atoms with Crippen LogP contribution in [0.15, 0.2) is 53.5 Å². The Hall–Kier alpha value is -2.29. The van der Waals surface area contributed by atoms with Crippen molar-refractivity contribution in [1.29, 1.82) is 0 Å². The smallest absolute Gasteiger partial charge is 0.131 e. The molecule has 0 aliphatic rings. The molecule has 0 unspecified atom stereocenters. The molecule has 0 heterocycles. The van der Waals surface area contributed by atoms with Crippen LogP contribution in [-0.4, -0.2) is 17.9 Å². The molecule has 3 nitrogen and oxygen atoms in total. The summed E-state index contributed by atoms with van der Waals surface area (Å²) < 4.78 is 5.26. The van der Waals surface area contributed by atoms with Gasteiger partial charge in [-0.25, -0.2) is 0 Å². The molecule has 2 aromatic carbocycles. The molecule has 3 heteroatoms. The number of phenols is 1. The number of nitrogens with zero attached hydrogens (tertiary/aromatic N) is 1. The van der Waals surface area contributed by atoms with Gasteiger partial charge in [-0.1, -0.05) is 36.4 Å². The first-order chi connectivity index (χ1) is 9.22. The van der Waals surface area contributed by atoms with Crippen molar-refractivity contribution in [3.63, 3.8) is 0 Å². The SMILES string of the molecule is COc1cccc(O)c1/C(C)=N\Cc1ccccc1. The Bertz CT molecular complexity index is 577. The van der Waals surface area contributed by atoms with Gasteiger partial charge in [0.1, 0.15) is 11.5 Å². The standard InChI is InChI=1S/C16H17NO2/c1-12(17-11-13-7-4-3-5-8-13)16-14(18)9-6-10-15(16)19-2/h3-10,18H,11H2,1-2H3/b17-12-. The second-order valence-electron chi connectivity index (χ2n) is 4.24. The van der Waals surface area contributed by atoms with Crippen molar-refractivity contribution in [2.24, 2.45) is 4.99 Å². The molecule has 2 aromatic rings. The third kappa shape index (κ3) is 3.13. The maximum absolute atomic E-state index is 9.93. The molecule has 0 bridgehead atoms. The van der Waals surface area contributed by atoms with Crippen LogP contribution in [-0.2, 0) is 6.54 Å². The molecule has 0 aliphatic carbocycles. The van der Waals surface area contributed by atoms with Gasteiger partial charge in [-0.05, 0) is 24.6 Å². The molecular weight excluding hydrogens is 238 g/mol. The van der Waals surface area contributed by atoms with Crippen molar-refractivity contribution in [3.05, 3.63) is 59.7 Å². The number of phenolic OH excluding ortho intramolecular Hbond substituents is 1. The maximum atomic E-state index is 9.93. The minimum Gasteiger partial charge on any atom is -0.507 e. The van der Waals surface area contributed by atoms with E-state index in [1.165, 1.54) is 0 Å². The first kappa shape index (κ1) is 13.1. The lowest BCUT2D eigenvalue weighted by Crippen LogP contribution is -2.00. The lowest BCUT2D eigenvalue weighted by atomic mass is 10.1. The fourth-order valence-electron chi connectivity index (χ4n) is 1.93. The second kappa shape index (κ2) is 6.05. The van der Waals surface area contributed by atoms with Gasteiger partial charge < -0.3 is 9.84 Å². The summed E-state index contributed by atoms with van der Waals surface area (Å²) >= 11 is 0. The molecule has 2 rings (SSSR count). The van der Waals surface area contributed by atoms with Crippen molar-refractivity contribution in [1.82, 2.24) is 0 Å². The van der Waals surface area contributed by atoms with E-state index in [9.17, 15) is 5.11 Å². The van der Waals surface area contributed by atoms with E-state index in [0.717, 1.165) is 11.3 Å². The number of aromatic hydroxyl groups is 1. The van der Waals surface area contributed by atoms with Crippen molar-refractivity contribution >= 4 is 5.71 Å². The van der Waals surface area contributed by atoms with Gasteiger partial charge in [0.2, 0.25) is 0 Å². The third-order valence-electron chi connectivity index (χ3n) is 2.93. The lowest BCUT2D eigenvalue weighted by molar-refractivity contribution is 0.406. The Labute approximate surface area is 113 Å². The highest BCUT2D eigenvalue weighted by Gasteiger charge is 2.10. The summed E-state index contributed by atoms with van der Waals surface area (Å²) in [6, 6.07) is 15.2. The molecular formula is C16H17NO2. The fraction of sp³-hybridized carbons (Fsp3) is 0.188. The minimum atomic E-state index is 0.189. The van der Waals surface area contributed by atoms with Crippen LogP contribution in [0.4, 0.5) is 0 Å². The average Bonchev–Trinajstić information content (AvgIpc) is 2.45. The normalized spacial score (nSPS) is 11.4. The fourth-order valence-corrected chi connectivity index (χ4v) is 1.93. The van der Waals surface area contributed by atoms with Crippen LogP contribution < -0.4 is 4.74 Å². The second-order valence-corrected chi connectivity index (χ2v) is 4.24. The number of hydrogen-bond acceptors (Lipinski definition) is 3. The molecule has 1 N–H and O–H groups in total. The highest BCUT2D eigenvalue weighted by atomic mass is 16.5. The van der Waals surface area contributed by atoms with E-state index in [1.807, 2.05) is 43.3 Å². The van der Waals surface area contributed by atoms with Gasteiger partial charge in [-0.3, -0.25) is 4.99 Å². The molecule has 0 amide bonds. The summed E-state index contributed by atoms with van der Waals surface area (Å²) in [6.07, 6.45) is 0. The lowest BCUT2D eigenvalue weighted by Gasteiger charge is -2.10. The molecule has 98 valence electrons. The Kier molecular flexibility index (Phi) is 4.18. The first-order valence-corrected chi connectivity index (χ1v) is 6.13. The number of benzene rings is 2. The third-order valence-corrected chi connectivity index (χ3v) is 2.93. The summed E-state index contributed by atoms with van der Waals surface area (Å²) in [7, 11) is 1.59. The van der Waals surface area contributed by atoms with Crippen LogP contribution in [0.25, 0.3) is 0 Å². The van der Waals surface area contributed by atoms with E-state index in [4.69, 9.17) is 4.74 Å². The molecule has 0 saturated heterocycles. The van der Waals surface area contributed by atoms with E-state index >= 15 is 0 Å². The Morgan fingerprint density at radius 2 is 1.84 bits per heavy atom. The zero-order chi connectivity index (χ0) is 13.7. The largest absolute Gasteiger partial charge is 0.507 e. The van der Waals surface area contributed by atoms with Gasteiger partial charge >= 0.3 is 0 Å². The average molecular weight is 255 g/mol. The summed E-state index contributed by atoms with van der Waals surface area (Å²) in [5, 5.41) is 9.93. The van der Waals surface area contributed by atoms with Crippen LogP contribution in [0, 0.1) is 0 Å². The number of hydrogen-bond donors (Lipinski definition) is 1. The van der Waals surface area contributed by atoms with Crippen LogP contribution in [0.1, 0.15) is 18.1 Å². The molecule has 0 aliphatic heterocycles. The Morgan fingerprint density at radius 1 is 1.11 bits per heavy atom. The molecule has 0 aromatic heterocycles. The van der Waals surface area contributed by atoms with Crippen LogP contribution in [0.5, 0.6) is 11.5 Å². The van der Waals surface area contributed by atoms with Gasteiger partial charge in [-0.2, -0.15) is 0 Å². The molecule has 0 fully saturated rings. The van der Waals surface area contributed by atoms with Crippen LogP contribution >= 0.6 is 0 Å². The summed E-state index contributed by atoms with van der Waals surface area (Å²) in [5.41, 5.74) is 2.55. The number of methoxy groups -OCH3 is 1. The molecule has 0 spiro atoms. The monoisotopic (exact) mass is 255 g/mol. The van der Waals surface area contributed by atoms with Crippen molar-refractivity contribution in [2.45, 2.75) is 13.5 Å². The van der Waals surface area contributed by atoms with E-state index in [0.29, 0.717) is 17.9 Å². The topological polar surface area (TPSA) is 41.8 Å². The predicted octanol–water partition coefficient (Wildman–Crippen LogP) is 3.41. The maximum Gasteiger partial charge on any atom is 0.131 e. The zero-order valence-electron chi connectivity index (χ0n) is 11.1. The molecule has 19 heavy (non-hydrogen) atoms. The van der Waals surface area contributed by atoms with Gasteiger partial charge in [0, 0.05) is 5.71 Å². The molecule has 0 saturated carbocycles. The highest BCUT2D eigenvalue weighted by molar-refractivity contribution is 6.03. The van der Waals surface area contributed by atoms with Crippen molar-refractivity contribution in [2.75, 3.05) is 7.11 Å². The molecule has 0 atom stereocenters. The number of ether oxygens (including phenoxy) is 1.